The number of benzene rings is 3. The molecule has 172 valence electrons. The molecule has 2 heterocycles. The van der Waals surface area contributed by atoms with Crippen LogP contribution >= 0.6 is 0 Å². The van der Waals surface area contributed by atoms with E-state index in [1.807, 2.05) is 19.9 Å². The molecule has 1 N–H and O–H groups in total. The van der Waals surface area contributed by atoms with Gasteiger partial charge in [0, 0.05) is 23.7 Å². The topological polar surface area (TPSA) is 66.8 Å². The summed E-state index contributed by atoms with van der Waals surface area (Å²) in [6, 6.07) is 14.2. The summed E-state index contributed by atoms with van der Waals surface area (Å²) in [5, 5.41) is 11.3. The maximum absolute atomic E-state index is 14.1. The van der Waals surface area contributed by atoms with E-state index < -0.39 is 29.4 Å². The molecule has 0 aromatic heterocycles. The van der Waals surface area contributed by atoms with Crippen molar-refractivity contribution >= 4 is 23.1 Å². The number of carbonyl (C=O) groups is 2. The van der Waals surface area contributed by atoms with Crippen LogP contribution in [0.4, 0.5) is 14.5 Å². The molecule has 3 aromatic rings. The van der Waals surface area contributed by atoms with E-state index in [1.165, 1.54) is 6.07 Å². The molecule has 2 unspecified atom stereocenters. The Morgan fingerprint density at radius 3 is 2.56 bits per heavy atom. The number of carbonyl (C=O) groups excluding carboxylic acids is 2. The number of nitrogens with zero attached hydrogens (tertiary/aromatic N) is 1. The second kappa shape index (κ2) is 8.09. The van der Waals surface area contributed by atoms with Crippen molar-refractivity contribution in [2.45, 2.75) is 32.4 Å². The van der Waals surface area contributed by atoms with Gasteiger partial charge in [-0.15, -0.1) is 0 Å². The highest BCUT2D eigenvalue weighted by atomic mass is 19.2. The van der Waals surface area contributed by atoms with Gasteiger partial charge < -0.3 is 9.84 Å². The summed E-state index contributed by atoms with van der Waals surface area (Å²) >= 11 is 0. The zero-order valence-corrected chi connectivity index (χ0v) is 18.5. The van der Waals surface area contributed by atoms with E-state index >= 15 is 0 Å². The summed E-state index contributed by atoms with van der Waals surface area (Å²) in [7, 11) is 0. The minimum Gasteiger partial charge on any atom is -0.507 e. The SMILES string of the molecule is Cc1cccc(C2/C(=C(/O)c3ccc4c(c3)CC(C)O4)C(=O)C(=O)N2c2ccc(F)c(F)c2)c1. The van der Waals surface area contributed by atoms with Crippen LogP contribution < -0.4 is 9.64 Å². The summed E-state index contributed by atoms with van der Waals surface area (Å²) < 4.78 is 33.4. The van der Waals surface area contributed by atoms with Gasteiger partial charge in [-0.25, -0.2) is 8.78 Å². The van der Waals surface area contributed by atoms with Crippen LogP contribution in [0.1, 0.15) is 35.2 Å². The molecule has 0 saturated carbocycles. The largest absolute Gasteiger partial charge is 0.507 e. The van der Waals surface area contributed by atoms with E-state index in [9.17, 15) is 23.5 Å². The van der Waals surface area contributed by atoms with Crippen LogP contribution in [0.5, 0.6) is 5.75 Å². The molecular weight excluding hydrogens is 440 g/mol. The average Bonchev–Trinajstić information content (AvgIpc) is 3.31. The standard InChI is InChI=1S/C27H21F2NO4/c1-14-4-3-5-16(10-14)24-23(25(31)17-6-9-22-18(12-17)11-15(2)34-22)26(32)27(33)30(24)19-7-8-20(28)21(29)13-19/h3-10,12-13,15,24,31H,11H2,1-2H3/b25-23-. The van der Waals surface area contributed by atoms with Crippen LogP contribution in [-0.2, 0) is 16.0 Å². The number of Topliss-reactive ketones (excluding diaryl/α,β-unsaturated/α-hetero) is 1. The summed E-state index contributed by atoms with van der Waals surface area (Å²) in [5.41, 5.74) is 2.59. The molecule has 5 rings (SSSR count). The van der Waals surface area contributed by atoms with Crippen molar-refractivity contribution in [3.05, 3.63) is 100 Å². The van der Waals surface area contributed by atoms with E-state index in [0.29, 0.717) is 23.3 Å². The van der Waals surface area contributed by atoms with Gasteiger partial charge in [-0.2, -0.15) is 0 Å². The van der Waals surface area contributed by atoms with Crippen molar-refractivity contribution in [2.24, 2.45) is 0 Å². The second-order valence-electron chi connectivity index (χ2n) is 8.64. The lowest BCUT2D eigenvalue weighted by molar-refractivity contribution is -0.132. The van der Waals surface area contributed by atoms with E-state index in [2.05, 4.69) is 0 Å². The molecule has 0 bridgehead atoms. The summed E-state index contributed by atoms with van der Waals surface area (Å²) in [6.07, 6.45) is 0.652. The Hall–Kier alpha value is -4.00. The molecule has 2 atom stereocenters. The first-order valence-electron chi connectivity index (χ1n) is 10.9. The quantitative estimate of drug-likeness (QED) is 0.330. The summed E-state index contributed by atoms with van der Waals surface area (Å²) in [6.45, 7) is 3.79. The molecule has 5 nitrogen and oxygen atoms in total. The number of halogens is 2. The van der Waals surface area contributed by atoms with E-state index in [4.69, 9.17) is 4.74 Å². The molecule has 1 fully saturated rings. The van der Waals surface area contributed by atoms with Crippen LogP contribution in [-0.4, -0.2) is 22.9 Å². The van der Waals surface area contributed by atoms with Crippen molar-refractivity contribution in [1.82, 2.24) is 0 Å². The van der Waals surface area contributed by atoms with Crippen molar-refractivity contribution in [3.8, 4) is 5.75 Å². The second-order valence-corrected chi connectivity index (χ2v) is 8.64. The first kappa shape index (κ1) is 21.8. The van der Waals surface area contributed by atoms with Gasteiger partial charge in [0.25, 0.3) is 11.7 Å². The number of aliphatic hydroxyl groups excluding tert-OH is 1. The average molecular weight is 461 g/mol. The Kier molecular flexibility index (Phi) is 5.20. The molecule has 0 aliphatic carbocycles. The van der Waals surface area contributed by atoms with Crippen molar-refractivity contribution < 1.29 is 28.2 Å². The monoisotopic (exact) mass is 461 g/mol. The Labute approximate surface area is 194 Å². The van der Waals surface area contributed by atoms with Crippen molar-refractivity contribution in [2.75, 3.05) is 4.90 Å². The molecule has 7 heteroatoms. The number of hydrogen-bond acceptors (Lipinski definition) is 4. The maximum atomic E-state index is 14.1. The first-order valence-corrected chi connectivity index (χ1v) is 10.9. The number of ketones is 1. The van der Waals surface area contributed by atoms with Gasteiger partial charge in [-0.05, 0) is 55.3 Å². The van der Waals surface area contributed by atoms with Gasteiger partial charge in [0.2, 0.25) is 0 Å². The van der Waals surface area contributed by atoms with Crippen LogP contribution in [0.3, 0.4) is 0 Å². The number of hydrogen-bond donors (Lipinski definition) is 1. The fourth-order valence-corrected chi connectivity index (χ4v) is 4.61. The lowest BCUT2D eigenvalue weighted by Gasteiger charge is -2.25. The number of aryl methyl sites for hydroxylation is 1. The first-order chi connectivity index (χ1) is 16.2. The van der Waals surface area contributed by atoms with E-state index in [0.717, 1.165) is 28.2 Å². The predicted octanol–water partition coefficient (Wildman–Crippen LogP) is 5.22. The molecule has 2 aliphatic heterocycles. The normalized spacial score (nSPS) is 21.0. The van der Waals surface area contributed by atoms with Crippen molar-refractivity contribution in [3.63, 3.8) is 0 Å². The number of anilines is 1. The number of rotatable bonds is 3. The summed E-state index contributed by atoms with van der Waals surface area (Å²) in [5.74, 6) is -3.67. The van der Waals surface area contributed by atoms with Crippen LogP contribution in [0.15, 0.2) is 66.2 Å². The lowest BCUT2D eigenvalue weighted by Crippen LogP contribution is -2.29. The lowest BCUT2D eigenvalue weighted by atomic mass is 9.93. The van der Waals surface area contributed by atoms with Gasteiger partial charge in [-0.1, -0.05) is 29.8 Å². The molecule has 34 heavy (non-hydrogen) atoms. The predicted molar refractivity (Wildman–Crippen MR) is 123 cm³/mol. The number of aliphatic hydroxyl groups is 1. The van der Waals surface area contributed by atoms with Crippen molar-refractivity contribution in [1.29, 1.82) is 0 Å². The van der Waals surface area contributed by atoms with Gasteiger partial charge in [0.1, 0.15) is 17.6 Å². The van der Waals surface area contributed by atoms with Crippen LogP contribution in [0.25, 0.3) is 5.76 Å². The highest BCUT2D eigenvalue weighted by Gasteiger charge is 2.47. The van der Waals surface area contributed by atoms with Gasteiger partial charge in [0.15, 0.2) is 11.6 Å². The van der Waals surface area contributed by atoms with E-state index in [-0.39, 0.29) is 23.1 Å². The third kappa shape index (κ3) is 3.53. The summed E-state index contributed by atoms with van der Waals surface area (Å²) in [4.78, 5) is 27.5. The Morgan fingerprint density at radius 1 is 1.03 bits per heavy atom. The smallest absolute Gasteiger partial charge is 0.300 e. The van der Waals surface area contributed by atoms with Crippen LogP contribution in [0.2, 0.25) is 0 Å². The number of ether oxygens (including phenoxy) is 1. The Balaban J connectivity index is 1.70. The Morgan fingerprint density at radius 2 is 1.82 bits per heavy atom. The molecule has 0 spiro atoms. The molecule has 3 aromatic carbocycles. The fourth-order valence-electron chi connectivity index (χ4n) is 4.61. The van der Waals surface area contributed by atoms with Gasteiger partial charge in [0.05, 0.1) is 11.6 Å². The molecule has 0 radical (unpaired) electrons. The Bertz CT molecular complexity index is 1380. The van der Waals surface area contributed by atoms with E-state index in [1.54, 1.807) is 36.4 Å². The van der Waals surface area contributed by atoms with Gasteiger partial charge in [-0.3, -0.25) is 14.5 Å². The minimum absolute atomic E-state index is 0.00126. The van der Waals surface area contributed by atoms with Crippen LogP contribution in [0, 0.1) is 18.6 Å². The molecule has 2 aliphatic rings. The van der Waals surface area contributed by atoms with Gasteiger partial charge >= 0.3 is 0 Å². The molecule has 1 amide bonds. The maximum Gasteiger partial charge on any atom is 0.300 e. The number of amides is 1. The zero-order valence-electron chi connectivity index (χ0n) is 18.5. The third-order valence-electron chi connectivity index (χ3n) is 6.15. The highest BCUT2D eigenvalue weighted by Crippen LogP contribution is 2.43. The third-order valence-corrected chi connectivity index (χ3v) is 6.15. The number of fused-ring (bicyclic) bond motifs is 1. The fraction of sp³-hybridized carbons (Fsp3) is 0.185. The highest BCUT2D eigenvalue weighted by molar-refractivity contribution is 6.51. The minimum atomic E-state index is -1.14. The molecular formula is C27H21F2NO4. The molecule has 1 saturated heterocycles. The zero-order chi connectivity index (χ0) is 24.1.